The van der Waals surface area contributed by atoms with E-state index in [-0.39, 0.29) is 0 Å². The summed E-state index contributed by atoms with van der Waals surface area (Å²) in [6, 6.07) is 9.90. The first-order valence-corrected chi connectivity index (χ1v) is 4.80. The molecule has 0 bridgehead atoms. The van der Waals surface area contributed by atoms with Crippen molar-refractivity contribution < 1.29 is 0 Å². The number of benzene rings is 1. The van der Waals surface area contributed by atoms with Gasteiger partial charge in [0.1, 0.15) is 0 Å². The quantitative estimate of drug-likeness (QED) is 0.650. The van der Waals surface area contributed by atoms with Crippen LogP contribution in [0.1, 0.15) is 5.69 Å². The van der Waals surface area contributed by atoms with Gasteiger partial charge in [0, 0.05) is 11.9 Å². The summed E-state index contributed by atoms with van der Waals surface area (Å²) in [6.07, 6.45) is 1.77. The van der Waals surface area contributed by atoms with E-state index in [0.29, 0.717) is 0 Å². The standard InChI is InChI=1S/C11H10N4/c1-8-6-7-12-15(8)11-13-9-4-2-3-5-10(9)14-11/h2-7H,1H3,(H,13,14). The Labute approximate surface area is 86.6 Å². The van der Waals surface area contributed by atoms with E-state index < -0.39 is 0 Å². The molecule has 2 aromatic heterocycles. The van der Waals surface area contributed by atoms with Crippen molar-refractivity contribution in [2.24, 2.45) is 0 Å². The Kier molecular flexibility index (Phi) is 1.62. The number of imidazole rings is 1. The monoisotopic (exact) mass is 198 g/mol. The molecule has 4 heteroatoms. The molecule has 0 atom stereocenters. The number of aromatic amines is 1. The van der Waals surface area contributed by atoms with E-state index in [1.165, 1.54) is 0 Å². The number of aromatic nitrogens is 4. The van der Waals surface area contributed by atoms with Gasteiger partial charge >= 0.3 is 0 Å². The van der Waals surface area contributed by atoms with E-state index in [9.17, 15) is 0 Å². The van der Waals surface area contributed by atoms with Gasteiger partial charge < -0.3 is 4.98 Å². The first-order chi connectivity index (χ1) is 7.34. The number of nitrogens with one attached hydrogen (secondary N) is 1. The van der Waals surface area contributed by atoms with Crippen LogP contribution >= 0.6 is 0 Å². The van der Waals surface area contributed by atoms with Gasteiger partial charge in [-0.1, -0.05) is 12.1 Å². The van der Waals surface area contributed by atoms with Crippen LogP contribution in [0, 0.1) is 6.92 Å². The van der Waals surface area contributed by atoms with Crippen LogP contribution in [0.4, 0.5) is 0 Å². The van der Waals surface area contributed by atoms with E-state index >= 15 is 0 Å². The number of rotatable bonds is 1. The molecule has 0 radical (unpaired) electrons. The lowest BCUT2D eigenvalue weighted by Gasteiger charge is -1.96. The van der Waals surface area contributed by atoms with Gasteiger partial charge in [-0.2, -0.15) is 5.10 Å². The van der Waals surface area contributed by atoms with Crippen molar-refractivity contribution in [3.63, 3.8) is 0 Å². The van der Waals surface area contributed by atoms with Gasteiger partial charge in [-0.3, -0.25) is 0 Å². The summed E-state index contributed by atoms with van der Waals surface area (Å²) in [6.45, 7) is 2.00. The maximum absolute atomic E-state index is 4.46. The smallest absolute Gasteiger partial charge is 0.229 e. The summed E-state index contributed by atoms with van der Waals surface area (Å²) < 4.78 is 1.79. The lowest BCUT2D eigenvalue weighted by molar-refractivity contribution is 0.801. The number of H-pyrrole nitrogens is 1. The molecule has 0 aliphatic carbocycles. The van der Waals surface area contributed by atoms with E-state index in [2.05, 4.69) is 15.1 Å². The highest BCUT2D eigenvalue weighted by Crippen LogP contribution is 2.13. The molecule has 0 unspecified atom stereocenters. The Morgan fingerprint density at radius 2 is 2.07 bits per heavy atom. The summed E-state index contributed by atoms with van der Waals surface area (Å²) in [5, 5.41) is 4.20. The van der Waals surface area contributed by atoms with Crippen molar-refractivity contribution in [2.75, 3.05) is 0 Å². The van der Waals surface area contributed by atoms with E-state index in [0.717, 1.165) is 22.7 Å². The third-order valence-corrected chi connectivity index (χ3v) is 2.41. The summed E-state index contributed by atoms with van der Waals surface area (Å²) >= 11 is 0. The minimum atomic E-state index is 0.763. The second-order valence-corrected chi connectivity index (χ2v) is 3.46. The fourth-order valence-corrected chi connectivity index (χ4v) is 1.63. The molecule has 0 fully saturated rings. The predicted octanol–water partition coefficient (Wildman–Crippen LogP) is 2.06. The maximum Gasteiger partial charge on any atom is 0.229 e. The van der Waals surface area contributed by atoms with Gasteiger partial charge in [-0.25, -0.2) is 9.67 Å². The third-order valence-electron chi connectivity index (χ3n) is 2.41. The zero-order valence-corrected chi connectivity index (χ0v) is 8.31. The van der Waals surface area contributed by atoms with E-state index in [1.54, 1.807) is 10.9 Å². The molecule has 0 spiro atoms. The van der Waals surface area contributed by atoms with Crippen LogP contribution in [0.3, 0.4) is 0 Å². The molecule has 2 heterocycles. The topological polar surface area (TPSA) is 46.5 Å². The summed E-state index contributed by atoms with van der Waals surface area (Å²) in [4.78, 5) is 7.69. The van der Waals surface area contributed by atoms with Crippen LogP contribution in [0.15, 0.2) is 36.5 Å². The molecule has 0 amide bonds. The molecule has 4 nitrogen and oxygen atoms in total. The molecule has 0 saturated carbocycles. The molecule has 74 valence electrons. The zero-order chi connectivity index (χ0) is 10.3. The highest BCUT2D eigenvalue weighted by Gasteiger charge is 2.05. The number of hydrogen-bond acceptors (Lipinski definition) is 2. The molecule has 15 heavy (non-hydrogen) atoms. The van der Waals surface area contributed by atoms with Crippen molar-refractivity contribution >= 4 is 11.0 Å². The number of nitrogens with zero attached hydrogens (tertiary/aromatic N) is 3. The zero-order valence-electron chi connectivity index (χ0n) is 8.31. The second-order valence-electron chi connectivity index (χ2n) is 3.46. The molecule has 1 aromatic carbocycles. The van der Waals surface area contributed by atoms with Crippen molar-refractivity contribution in [2.45, 2.75) is 6.92 Å². The van der Waals surface area contributed by atoms with Gasteiger partial charge in [0.2, 0.25) is 5.95 Å². The first kappa shape index (κ1) is 8.23. The van der Waals surface area contributed by atoms with Gasteiger partial charge in [0.05, 0.1) is 11.0 Å². The van der Waals surface area contributed by atoms with Crippen LogP contribution in [0.25, 0.3) is 17.0 Å². The highest BCUT2D eigenvalue weighted by molar-refractivity contribution is 5.75. The van der Waals surface area contributed by atoms with E-state index in [1.807, 2.05) is 37.3 Å². The minimum Gasteiger partial charge on any atom is -0.322 e. The van der Waals surface area contributed by atoms with Gasteiger partial charge in [0.15, 0.2) is 0 Å². The Balaban J connectivity index is 2.24. The van der Waals surface area contributed by atoms with Crippen LogP contribution in [0.2, 0.25) is 0 Å². The number of para-hydroxylation sites is 2. The lowest BCUT2D eigenvalue weighted by Crippen LogP contribution is -2.00. The fourth-order valence-electron chi connectivity index (χ4n) is 1.63. The average molecular weight is 198 g/mol. The molecule has 1 N–H and O–H groups in total. The molecule has 0 aliphatic rings. The third kappa shape index (κ3) is 1.22. The lowest BCUT2D eigenvalue weighted by atomic mass is 10.3. The predicted molar refractivity (Wildman–Crippen MR) is 58.0 cm³/mol. The van der Waals surface area contributed by atoms with Gasteiger partial charge in [0.25, 0.3) is 0 Å². The minimum absolute atomic E-state index is 0.763. The Bertz CT molecular complexity index is 573. The normalized spacial score (nSPS) is 11.0. The Hall–Kier alpha value is -2.10. The van der Waals surface area contributed by atoms with Crippen LogP contribution in [-0.2, 0) is 0 Å². The van der Waals surface area contributed by atoms with Crippen LogP contribution in [-0.4, -0.2) is 19.7 Å². The maximum atomic E-state index is 4.46. The van der Waals surface area contributed by atoms with Gasteiger partial charge in [-0.15, -0.1) is 0 Å². The van der Waals surface area contributed by atoms with E-state index in [4.69, 9.17) is 0 Å². The second kappa shape index (κ2) is 2.95. The SMILES string of the molecule is Cc1ccnn1-c1nc2ccccc2[nH]1. The number of aryl methyl sites for hydroxylation is 1. The summed E-state index contributed by atoms with van der Waals surface area (Å²) in [7, 11) is 0. The van der Waals surface area contributed by atoms with Crippen molar-refractivity contribution in [3.8, 4) is 5.95 Å². The van der Waals surface area contributed by atoms with Crippen molar-refractivity contribution in [1.29, 1.82) is 0 Å². The highest BCUT2D eigenvalue weighted by atomic mass is 15.3. The number of fused-ring (bicyclic) bond motifs is 1. The Morgan fingerprint density at radius 3 is 2.80 bits per heavy atom. The largest absolute Gasteiger partial charge is 0.322 e. The molecule has 3 aromatic rings. The number of hydrogen-bond donors (Lipinski definition) is 1. The molecule has 0 aliphatic heterocycles. The summed E-state index contributed by atoms with van der Waals surface area (Å²) in [5.74, 6) is 0.763. The first-order valence-electron chi connectivity index (χ1n) is 4.80. The molecule has 3 rings (SSSR count). The van der Waals surface area contributed by atoms with Crippen LogP contribution in [0.5, 0.6) is 0 Å². The molecular formula is C11H10N4. The Morgan fingerprint density at radius 1 is 1.20 bits per heavy atom. The fraction of sp³-hybridized carbons (Fsp3) is 0.0909. The van der Waals surface area contributed by atoms with Crippen molar-refractivity contribution in [1.82, 2.24) is 19.7 Å². The van der Waals surface area contributed by atoms with Crippen LogP contribution < -0.4 is 0 Å². The molecule has 0 saturated heterocycles. The molecular weight excluding hydrogens is 188 g/mol. The average Bonchev–Trinajstić information content (AvgIpc) is 2.82. The van der Waals surface area contributed by atoms with Crippen molar-refractivity contribution in [3.05, 3.63) is 42.2 Å². The summed E-state index contributed by atoms with van der Waals surface area (Å²) in [5.41, 5.74) is 3.05. The van der Waals surface area contributed by atoms with Gasteiger partial charge in [-0.05, 0) is 25.1 Å².